The molecule has 3 fully saturated rings. The number of hydrogen-bond acceptors (Lipinski definition) is 4. The summed E-state index contributed by atoms with van der Waals surface area (Å²) in [5.74, 6) is 1.71. The molecular weight excluding hydrogens is 268 g/mol. The van der Waals surface area contributed by atoms with Crippen molar-refractivity contribution in [3.63, 3.8) is 0 Å². The number of hydrogen-bond donors (Lipinski definition) is 0. The lowest BCUT2D eigenvalue weighted by Crippen LogP contribution is -2.67. The zero-order valence-corrected chi connectivity index (χ0v) is 12.7. The predicted molar refractivity (Wildman–Crippen MR) is 74.3 cm³/mol. The van der Waals surface area contributed by atoms with Gasteiger partial charge >= 0.3 is 0 Å². The van der Waals surface area contributed by atoms with E-state index in [0.717, 1.165) is 11.5 Å². The van der Waals surface area contributed by atoms with E-state index in [9.17, 15) is 9.59 Å². The number of fused-ring (bicyclic) bond motifs is 2. The van der Waals surface area contributed by atoms with Gasteiger partial charge in [0.15, 0.2) is 0 Å². The molecule has 18 heavy (non-hydrogen) atoms. The van der Waals surface area contributed by atoms with E-state index in [1.54, 1.807) is 23.5 Å². The molecule has 0 spiro atoms. The summed E-state index contributed by atoms with van der Waals surface area (Å²) in [5.41, 5.74) is 0. The van der Waals surface area contributed by atoms with Gasteiger partial charge in [-0.05, 0) is 27.7 Å². The van der Waals surface area contributed by atoms with Crippen molar-refractivity contribution in [3.8, 4) is 0 Å². The van der Waals surface area contributed by atoms with Gasteiger partial charge in [0.2, 0.25) is 11.8 Å². The lowest BCUT2D eigenvalue weighted by molar-refractivity contribution is -0.163. The fraction of sp³-hybridized carbons (Fsp3) is 0.833. The number of carbonyl (C=O) groups excluding carboxylic acids is 2. The molecule has 3 aliphatic rings. The number of piperazine rings is 1. The largest absolute Gasteiger partial charge is 0.314 e. The van der Waals surface area contributed by atoms with Crippen molar-refractivity contribution in [2.45, 2.75) is 49.5 Å². The molecule has 0 radical (unpaired) electrons. The first kappa shape index (κ1) is 12.7. The molecule has 0 aromatic carbocycles. The summed E-state index contributed by atoms with van der Waals surface area (Å²) in [6.45, 7) is 8.13. The second kappa shape index (κ2) is 3.60. The minimum Gasteiger partial charge on any atom is -0.314 e. The Bertz CT molecular complexity index is 396. The van der Waals surface area contributed by atoms with Gasteiger partial charge in [0.1, 0.15) is 12.1 Å². The number of amides is 2. The van der Waals surface area contributed by atoms with Crippen LogP contribution >= 0.6 is 23.5 Å². The monoisotopic (exact) mass is 286 g/mol. The van der Waals surface area contributed by atoms with Crippen molar-refractivity contribution in [3.05, 3.63) is 0 Å². The van der Waals surface area contributed by atoms with Crippen molar-refractivity contribution >= 4 is 35.3 Å². The first-order valence-electron chi connectivity index (χ1n) is 6.20. The maximum atomic E-state index is 12.6. The average Bonchev–Trinajstić information content (AvgIpc) is 2.73. The molecule has 3 rings (SSSR count). The lowest BCUT2D eigenvalue weighted by Gasteiger charge is -2.46. The third-order valence-corrected chi connectivity index (χ3v) is 6.79. The van der Waals surface area contributed by atoms with Crippen LogP contribution in [0, 0.1) is 0 Å². The number of carbonyl (C=O) groups is 2. The van der Waals surface area contributed by atoms with E-state index in [1.165, 1.54) is 0 Å². The van der Waals surface area contributed by atoms with E-state index in [4.69, 9.17) is 0 Å². The smallest absolute Gasteiger partial charge is 0.248 e. The molecule has 4 nitrogen and oxygen atoms in total. The summed E-state index contributed by atoms with van der Waals surface area (Å²) in [5, 5.41) is 0. The predicted octanol–water partition coefficient (Wildman–Crippen LogP) is 1.36. The van der Waals surface area contributed by atoms with Crippen molar-refractivity contribution < 1.29 is 9.59 Å². The number of rotatable bonds is 0. The second-order valence-corrected chi connectivity index (χ2v) is 9.21. The van der Waals surface area contributed by atoms with Crippen molar-refractivity contribution in [2.75, 3.05) is 11.5 Å². The van der Waals surface area contributed by atoms with Crippen LogP contribution < -0.4 is 0 Å². The van der Waals surface area contributed by atoms with Crippen molar-refractivity contribution in [1.29, 1.82) is 0 Å². The highest BCUT2D eigenvalue weighted by Gasteiger charge is 2.59. The molecule has 0 aromatic heterocycles. The van der Waals surface area contributed by atoms with Gasteiger partial charge in [0.05, 0.1) is 9.74 Å². The molecule has 2 atom stereocenters. The van der Waals surface area contributed by atoms with Crippen LogP contribution in [0.15, 0.2) is 0 Å². The minimum atomic E-state index is -0.258. The van der Waals surface area contributed by atoms with E-state index in [-0.39, 0.29) is 33.6 Å². The molecule has 0 bridgehead atoms. The SMILES string of the molecule is CC1(C)SC[C@H]2C(=O)N3[C@@H](CSC3(C)C)C(=O)N21. The van der Waals surface area contributed by atoms with Crippen LogP contribution in [0.25, 0.3) is 0 Å². The van der Waals surface area contributed by atoms with Gasteiger partial charge in [-0.15, -0.1) is 23.5 Å². The Morgan fingerprint density at radius 3 is 1.56 bits per heavy atom. The van der Waals surface area contributed by atoms with E-state index in [2.05, 4.69) is 0 Å². The fourth-order valence-corrected chi connectivity index (χ4v) is 5.55. The van der Waals surface area contributed by atoms with Gasteiger partial charge in [-0.3, -0.25) is 9.59 Å². The summed E-state index contributed by atoms with van der Waals surface area (Å²) in [7, 11) is 0. The Morgan fingerprint density at radius 2 is 1.22 bits per heavy atom. The molecule has 2 amide bonds. The van der Waals surface area contributed by atoms with Gasteiger partial charge in [0.25, 0.3) is 0 Å². The summed E-state index contributed by atoms with van der Waals surface area (Å²) >= 11 is 3.40. The van der Waals surface area contributed by atoms with Crippen LogP contribution in [0.1, 0.15) is 27.7 Å². The molecule has 3 saturated heterocycles. The second-order valence-electron chi connectivity index (χ2n) is 5.96. The molecule has 0 saturated carbocycles. The summed E-state index contributed by atoms with van der Waals surface area (Å²) in [4.78, 5) is 28.4. The third kappa shape index (κ3) is 1.48. The van der Waals surface area contributed by atoms with Crippen molar-refractivity contribution in [1.82, 2.24) is 9.80 Å². The molecule has 3 aliphatic heterocycles. The van der Waals surface area contributed by atoms with E-state index >= 15 is 0 Å². The van der Waals surface area contributed by atoms with Gasteiger partial charge in [-0.25, -0.2) is 0 Å². The van der Waals surface area contributed by atoms with Gasteiger partial charge in [0, 0.05) is 11.5 Å². The first-order chi connectivity index (χ1) is 8.26. The maximum absolute atomic E-state index is 12.6. The summed E-state index contributed by atoms with van der Waals surface area (Å²) in [6, 6.07) is -0.515. The zero-order valence-electron chi connectivity index (χ0n) is 11.1. The normalized spacial score (nSPS) is 36.9. The van der Waals surface area contributed by atoms with Crippen LogP contribution in [0.2, 0.25) is 0 Å². The Balaban J connectivity index is 2.02. The first-order valence-corrected chi connectivity index (χ1v) is 8.17. The Morgan fingerprint density at radius 1 is 0.889 bits per heavy atom. The standard InChI is InChI=1S/C12H18N2O2S2/c1-11(2)13-7(5-17-11)10(16)14-8(9(13)15)6-18-12(14,3)4/h7-8H,5-6H2,1-4H3/t7-,8-/m0/s1. The molecule has 0 unspecified atom stereocenters. The molecule has 6 heteroatoms. The Kier molecular flexibility index (Phi) is 2.53. The Labute approximate surface area is 116 Å². The van der Waals surface area contributed by atoms with Gasteiger partial charge in [-0.2, -0.15) is 0 Å². The van der Waals surface area contributed by atoms with Crippen LogP contribution in [0.4, 0.5) is 0 Å². The van der Waals surface area contributed by atoms with Crippen LogP contribution in [0.3, 0.4) is 0 Å². The summed E-state index contributed by atoms with van der Waals surface area (Å²) in [6.07, 6.45) is 0. The molecule has 0 aliphatic carbocycles. The highest BCUT2D eigenvalue weighted by molar-refractivity contribution is 8.01. The van der Waals surface area contributed by atoms with Crippen LogP contribution in [-0.2, 0) is 9.59 Å². The molecular formula is C12H18N2O2S2. The highest BCUT2D eigenvalue weighted by Crippen LogP contribution is 2.48. The molecule has 3 heterocycles. The van der Waals surface area contributed by atoms with Crippen LogP contribution in [0.5, 0.6) is 0 Å². The van der Waals surface area contributed by atoms with Crippen LogP contribution in [-0.4, -0.2) is 54.9 Å². The van der Waals surface area contributed by atoms with E-state index in [0.29, 0.717) is 0 Å². The van der Waals surface area contributed by atoms with Gasteiger partial charge in [-0.1, -0.05) is 0 Å². The molecule has 100 valence electrons. The topological polar surface area (TPSA) is 40.6 Å². The van der Waals surface area contributed by atoms with E-state index in [1.807, 2.05) is 37.5 Å². The summed E-state index contributed by atoms with van der Waals surface area (Å²) < 4.78 is 0. The fourth-order valence-electron chi connectivity index (χ4n) is 3.13. The maximum Gasteiger partial charge on any atom is 0.248 e. The Hall–Kier alpha value is -0.360. The quantitative estimate of drug-likeness (QED) is 0.674. The van der Waals surface area contributed by atoms with Crippen molar-refractivity contribution in [2.24, 2.45) is 0 Å². The highest BCUT2D eigenvalue weighted by atomic mass is 32.2. The number of thioether (sulfide) groups is 2. The molecule has 0 aromatic rings. The van der Waals surface area contributed by atoms with E-state index < -0.39 is 0 Å². The van der Waals surface area contributed by atoms with Gasteiger partial charge < -0.3 is 9.80 Å². The lowest BCUT2D eigenvalue weighted by atomic mass is 10.0. The number of nitrogens with zero attached hydrogens (tertiary/aromatic N) is 2. The minimum absolute atomic E-state index is 0.132. The average molecular weight is 286 g/mol. The third-order valence-electron chi connectivity index (χ3n) is 4.02. The molecule has 0 N–H and O–H groups in total. The zero-order chi connectivity index (χ0) is 13.3.